The Morgan fingerprint density at radius 1 is 1.11 bits per heavy atom. The summed E-state index contributed by atoms with van der Waals surface area (Å²) in [6, 6.07) is 11.8. The Bertz CT molecular complexity index is 702. The minimum atomic E-state index is -4.16. The molecule has 0 bridgehead atoms. The van der Waals surface area contributed by atoms with Gasteiger partial charge in [0.1, 0.15) is 0 Å². The summed E-state index contributed by atoms with van der Waals surface area (Å²) in [7, 11) is -4.16. The first-order valence-electron chi connectivity index (χ1n) is 5.58. The zero-order valence-electron chi connectivity index (χ0n) is 9.50. The molecule has 0 saturated carbocycles. The smallest absolute Gasteiger partial charge is 0.354 e. The van der Waals surface area contributed by atoms with Gasteiger partial charge >= 0.3 is 7.60 Å². The van der Waals surface area contributed by atoms with Gasteiger partial charge < -0.3 is 15.1 Å². The second kappa shape index (κ2) is 3.95. The lowest BCUT2D eigenvalue weighted by Gasteiger charge is -2.20. The van der Waals surface area contributed by atoms with E-state index in [1.807, 2.05) is 36.4 Å². The van der Waals surface area contributed by atoms with E-state index in [0.717, 1.165) is 22.0 Å². The molecule has 3 rings (SSSR count). The molecule has 0 aliphatic carbocycles. The van der Waals surface area contributed by atoms with Crippen LogP contribution < -0.4 is 5.32 Å². The molecule has 0 aromatic heterocycles. The Morgan fingerprint density at radius 3 is 2.67 bits per heavy atom. The predicted molar refractivity (Wildman–Crippen MR) is 72.5 cm³/mol. The molecular formula is C13H12NO3P. The molecule has 0 amide bonds. The molecule has 0 atom stereocenters. The first kappa shape index (κ1) is 11.5. The zero-order valence-corrected chi connectivity index (χ0v) is 10.4. The molecule has 1 heterocycles. The molecule has 2 aromatic rings. The number of anilines is 1. The summed E-state index contributed by atoms with van der Waals surface area (Å²) in [5.74, 6) is 0. The van der Waals surface area contributed by atoms with Crippen LogP contribution in [0.5, 0.6) is 0 Å². The van der Waals surface area contributed by atoms with E-state index in [2.05, 4.69) is 5.32 Å². The summed E-state index contributed by atoms with van der Waals surface area (Å²) >= 11 is 0. The molecule has 0 spiro atoms. The average molecular weight is 261 g/mol. The number of benzene rings is 2. The Kier molecular flexibility index (Phi) is 2.52. The molecule has 4 nitrogen and oxygen atoms in total. The molecule has 0 fully saturated rings. The van der Waals surface area contributed by atoms with Crippen molar-refractivity contribution in [1.82, 2.24) is 0 Å². The van der Waals surface area contributed by atoms with Crippen molar-refractivity contribution in [3.8, 4) is 0 Å². The van der Waals surface area contributed by atoms with Crippen molar-refractivity contribution in [2.45, 2.75) is 0 Å². The van der Waals surface area contributed by atoms with E-state index in [9.17, 15) is 14.4 Å². The van der Waals surface area contributed by atoms with Crippen LogP contribution in [0.4, 0.5) is 5.69 Å². The number of nitrogens with one attached hydrogen (secondary N) is 1. The molecule has 5 heteroatoms. The maximum Gasteiger partial charge on any atom is 0.354 e. The van der Waals surface area contributed by atoms with Crippen molar-refractivity contribution >= 4 is 30.1 Å². The van der Waals surface area contributed by atoms with Crippen LogP contribution in [0.1, 0.15) is 5.56 Å². The third kappa shape index (κ3) is 1.85. The molecule has 1 aliphatic heterocycles. The van der Waals surface area contributed by atoms with Gasteiger partial charge in [0.05, 0.1) is 5.31 Å². The monoisotopic (exact) mass is 261 g/mol. The van der Waals surface area contributed by atoms with Gasteiger partial charge in [-0.15, -0.1) is 0 Å². The van der Waals surface area contributed by atoms with E-state index in [-0.39, 0.29) is 11.9 Å². The normalized spacial score (nSPS) is 14.9. The van der Waals surface area contributed by atoms with Gasteiger partial charge in [0.25, 0.3) is 0 Å². The largest absolute Gasteiger partial charge is 0.380 e. The summed E-state index contributed by atoms with van der Waals surface area (Å²) in [5, 5.41) is 5.41. The Morgan fingerprint density at radius 2 is 1.89 bits per heavy atom. The highest BCUT2D eigenvalue weighted by Gasteiger charge is 2.24. The van der Waals surface area contributed by atoms with Crippen molar-refractivity contribution in [1.29, 1.82) is 0 Å². The van der Waals surface area contributed by atoms with Crippen molar-refractivity contribution in [3.05, 3.63) is 47.3 Å². The zero-order chi connectivity index (χ0) is 12.8. The second-order valence-corrected chi connectivity index (χ2v) is 5.95. The highest BCUT2D eigenvalue weighted by atomic mass is 31.2. The first-order valence-corrected chi connectivity index (χ1v) is 7.19. The first-order chi connectivity index (χ1) is 8.55. The van der Waals surface area contributed by atoms with Gasteiger partial charge in [0.2, 0.25) is 0 Å². The summed E-state index contributed by atoms with van der Waals surface area (Å²) in [6.07, 6.45) is 1.58. The summed E-state index contributed by atoms with van der Waals surface area (Å²) in [6.45, 7) is 0.186. The number of hydrogen-bond acceptors (Lipinski definition) is 2. The topological polar surface area (TPSA) is 69.6 Å². The van der Waals surface area contributed by atoms with Gasteiger partial charge in [-0.2, -0.15) is 0 Å². The molecule has 92 valence electrons. The molecule has 0 unspecified atom stereocenters. The van der Waals surface area contributed by atoms with Gasteiger partial charge in [-0.25, -0.2) is 0 Å². The lowest BCUT2D eigenvalue weighted by molar-refractivity contribution is 0.382. The van der Waals surface area contributed by atoms with E-state index in [0.29, 0.717) is 0 Å². The van der Waals surface area contributed by atoms with Crippen LogP contribution in [0.25, 0.3) is 16.8 Å². The Balaban J connectivity index is 2.22. The van der Waals surface area contributed by atoms with Crippen LogP contribution in [0.2, 0.25) is 0 Å². The SMILES string of the molecule is O=P(O)(O)C1=Cc2ccc3ccccc3c2NC1. The summed E-state index contributed by atoms with van der Waals surface area (Å²) in [5.41, 5.74) is 1.75. The van der Waals surface area contributed by atoms with E-state index < -0.39 is 7.60 Å². The van der Waals surface area contributed by atoms with E-state index in [4.69, 9.17) is 0 Å². The summed E-state index contributed by atoms with van der Waals surface area (Å²) < 4.78 is 11.2. The molecule has 18 heavy (non-hydrogen) atoms. The van der Waals surface area contributed by atoms with Gasteiger partial charge in [0, 0.05) is 17.6 Å². The maximum atomic E-state index is 11.2. The van der Waals surface area contributed by atoms with Gasteiger partial charge in [-0.05, 0) is 17.0 Å². The fourth-order valence-corrected chi connectivity index (χ4v) is 2.79. The third-order valence-electron chi connectivity index (χ3n) is 3.10. The Hall–Kier alpha value is -1.61. The predicted octanol–water partition coefficient (Wildman–Crippen LogP) is 2.78. The quantitative estimate of drug-likeness (QED) is 0.690. The maximum absolute atomic E-state index is 11.2. The van der Waals surface area contributed by atoms with Gasteiger partial charge in [-0.3, -0.25) is 4.57 Å². The van der Waals surface area contributed by atoms with Crippen LogP contribution in [0, 0.1) is 0 Å². The number of rotatable bonds is 1. The lowest BCUT2D eigenvalue weighted by Crippen LogP contribution is -2.11. The van der Waals surface area contributed by atoms with Crippen LogP contribution in [0.15, 0.2) is 41.7 Å². The molecule has 0 saturated heterocycles. The third-order valence-corrected chi connectivity index (χ3v) is 4.14. The minimum Gasteiger partial charge on any atom is -0.380 e. The molecule has 2 aromatic carbocycles. The summed E-state index contributed by atoms with van der Waals surface area (Å²) in [4.78, 5) is 18.4. The van der Waals surface area contributed by atoms with E-state index in [1.165, 1.54) is 0 Å². The lowest BCUT2D eigenvalue weighted by atomic mass is 10.0. The highest BCUT2D eigenvalue weighted by molar-refractivity contribution is 7.56. The highest BCUT2D eigenvalue weighted by Crippen LogP contribution is 2.48. The molecule has 1 aliphatic rings. The molecular weight excluding hydrogens is 249 g/mol. The van der Waals surface area contributed by atoms with Crippen molar-refractivity contribution in [3.63, 3.8) is 0 Å². The fraction of sp³-hybridized carbons (Fsp3) is 0.0769. The second-order valence-electron chi connectivity index (χ2n) is 4.28. The van der Waals surface area contributed by atoms with Crippen LogP contribution in [-0.4, -0.2) is 16.3 Å². The Labute approximate surface area is 104 Å². The van der Waals surface area contributed by atoms with Gasteiger partial charge in [-0.1, -0.05) is 36.4 Å². The van der Waals surface area contributed by atoms with Gasteiger partial charge in [0.15, 0.2) is 0 Å². The van der Waals surface area contributed by atoms with E-state index >= 15 is 0 Å². The fourth-order valence-electron chi connectivity index (χ4n) is 2.20. The standard InChI is InChI=1S/C13H12NO3P/c15-18(16,17)11-7-10-6-5-9-3-1-2-4-12(9)13(10)14-8-11/h1-7,14H,8H2,(H2,15,16,17). The number of hydrogen-bond donors (Lipinski definition) is 3. The van der Waals surface area contributed by atoms with Crippen LogP contribution in [0.3, 0.4) is 0 Å². The van der Waals surface area contributed by atoms with Crippen molar-refractivity contribution < 1.29 is 14.4 Å². The molecule has 0 radical (unpaired) electrons. The van der Waals surface area contributed by atoms with Crippen LogP contribution in [-0.2, 0) is 4.57 Å². The molecule has 3 N–H and O–H groups in total. The van der Waals surface area contributed by atoms with Crippen molar-refractivity contribution in [2.24, 2.45) is 0 Å². The van der Waals surface area contributed by atoms with Crippen LogP contribution >= 0.6 is 7.60 Å². The number of fused-ring (bicyclic) bond motifs is 3. The van der Waals surface area contributed by atoms with Crippen molar-refractivity contribution in [2.75, 3.05) is 11.9 Å². The minimum absolute atomic E-state index is 0.130. The van der Waals surface area contributed by atoms with E-state index in [1.54, 1.807) is 6.08 Å². The average Bonchev–Trinajstić information content (AvgIpc) is 2.37.